The van der Waals surface area contributed by atoms with E-state index in [9.17, 15) is 56.2 Å². The van der Waals surface area contributed by atoms with E-state index >= 15 is 0 Å². The van der Waals surface area contributed by atoms with E-state index in [1.165, 1.54) is 16.2 Å². The largest absolute Gasteiger partial charge is 0.417 e. The van der Waals surface area contributed by atoms with E-state index in [4.69, 9.17) is 0 Å². The molecule has 85 heavy (non-hydrogen) atoms. The Labute approximate surface area is 494 Å². The summed E-state index contributed by atoms with van der Waals surface area (Å²) in [6, 6.07) is 17.9. The first kappa shape index (κ1) is 62.0. The molecule has 3 aromatic carbocycles. The number of aliphatic hydroxyl groups excluding tert-OH is 1. The molecule has 5 heterocycles. The molecule has 0 unspecified atom stereocenters. The molecule has 0 radical (unpaired) electrons. The van der Waals surface area contributed by atoms with Crippen LogP contribution in [0.3, 0.4) is 0 Å². The average Bonchev–Trinajstić information content (AvgIpc) is 3.03. The number of carbonyl (C=O) groups excluding carboxylic acids is 6. The van der Waals surface area contributed by atoms with Gasteiger partial charge in [-0.15, -0.1) is 11.3 Å². The molecule has 24 heteroatoms. The molecule has 4 fully saturated rings. The molecule has 454 valence electrons. The van der Waals surface area contributed by atoms with Gasteiger partial charge in [-0.25, -0.2) is 9.37 Å². The van der Waals surface area contributed by atoms with Gasteiger partial charge in [-0.1, -0.05) is 69.3 Å². The number of carbonyl (C=O) groups is 6. The minimum atomic E-state index is -4.94. The standard InChI is InChI=1S/C61H73F4N11O8S/c1-37-53(85-36-68-37)40-13-11-39(12-14-40)46(69-56(82)49-30-43(77)35-76(49)57(83)54(59(2,3)4)71-58(84)60(62)17-18-60)32-51(79)66-19-7-10-52(80)75-26-22-73(23-27-75)34-38-8-6-9-41(28-38)42-15-16-48(74-24-20-72(5)21-25-74)47(29-42)70-55(81)44-33-67-50(78)31-45(44)61(63,64)65/h6,8-9,11-16,28-29,31,33,36,43,46,49,54,77H,7,10,17-27,30,32,34-35H2,1-5H3,(H,66,79)(H,67,78)(H,69,82)(H,70,81)(H,71,84)/t43-,46+,49+,54-/m1/s1. The number of hydrogen-bond donors (Lipinski definition) is 6. The molecule has 1 aliphatic carbocycles. The van der Waals surface area contributed by atoms with Gasteiger partial charge in [0, 0.05) is 97.1 Å². The average molecular weight is 1200 g/mol. The van der Waals surface area contributed by atoms with Crippen LogP contribution in [0.15, 0.2) is 89.3 Å². The number of aliphatic hydroxyl groups is 1. The third-order valence-electron chi connectivity index (χ3n) is 16.2. The number of thiazole rings is 1. The second-order valence-corrected chi connectivity index (χ2v) is 24.6. The molecular weight excluding hydrogens is 1120 g/mol. The number of likely N-dealkylation sites (tertiary alicyclic amines) is 1. The Morgan fingerprint density at radius 1 is 0.871 bits per heavy atom. The molecule has 0 spiro atoms. The lowest BCUT2D eigenvalue weighted by molar-refractivity contribution is -0.145. The van der Waals surface area contributed by atoms with Crippen molar-refractivity contribution in [3.05, 3.63) is 123 Å². The number of likely N-dealkylation sites (N-methyl/N-ethyl adjacent to an activating group) is 1. The molecule has 4 atom stereocenters. The molecule has 19 nitrogen and oxygen atoms in total. The predicted molar refractivity (Wildman–Crippen MR) is 314 cm³/mol. The maximum Gasteiger partial charge on any atom is 0.417 e. The minimum absolute atomic E-state index is 0.0539. The summed E-state index contributed by atoms with van der Waals surface area (Å²) in [5.41, 5.74) is 1.68. The molecular formula is C61H73F4N11O8S. The number of β-amino-alcohol motifs (C(OH)–C–C–N with tert-alkyl or cyclic N) is 1. The number of nitrogens with one attached hydrogen (secondary N) is 5. The Morgan fingerprint density at radius 2 is 1.56 bits per heavy atom. The van der Waals surface area contributed by atoms with Gasteiger partial charge in [0.1, 0.15) is 12.1 Å². The van der Waals surface area contributed by atoms with Crippen LogP contribution in [0.25, 0.3) is 21.6 Å². The van der Waals surface area contributed by atoms with Crippen molar-refractivity contribution in [3.8, 4) is 21.6 Å². The number of anilines is 2. The van der Waals surface area contributed by atoms with Gasteiger partial charge in [0.25, 0.3) is 11.8 Å². The summed E-state index contributed by atoms with van der Waals surface area (Å²) in [6.45, 7) is 12.6. The molecule has 6 N–H and O–H groups in total. The predicted octanol–water partition coefficient (Wildman–Crippen LogP) is 6.28. The topological polar surface area (TPSA) is 233 Å². The second-order valence-electron chi connectivity index (χ2n) is 23.7. The molecule has 5 aromatic rings. The number of piperazine rings is 2. The Morgan fingerprint density at radius 3 is 2.22 bits per heavy atom. The van der Waals surface area contributed by atoms with Crippen molar-refractivity contribution in [3.63, 3.8) is 0 Å². The molecule has 3 saturated heterocycles. The summed E-state index contributed by atoms with van der Waals surface area (Å²) in [4.78, 5) is 111. The zero-order chi connectivity index (χ0) is 61.0. The lowest BCUT2D eigenvalue weighted by Gasteiger charge is -2.36. The van der Waals surface area contributed by atoms with Gasteiger partial charge in [0.2, 0.25) is 29.2 Å². The Hall–Kier alpha value is -7.54. The monoisotopic (exact) mass is 1200 g/mol. The summed E-state index contributed by atoms with van der Waals surface area (Å²) in [5.74, 6) is -3.60. The van der Waals surface area contributed by atoms with Crippen molar-refractivity contribution in [2.24, 2.45) is 5.41 Å². The zero-order valence-corrected chi connectivity index (χ0v) is 49.1. The first-order valence-electron chi connectivity index (χ1n) is 28.7. The van der Waals surface area contributed by atoms with E-state index in [1.807, 2.05) is 74.6 Å². The van der Waals surface area contributed by atoms with Crippen LogP contribution in [-0.4, -0.2) is 166 Å². The normalized spacial score (nSPS) is 19.0. The molecule has 6 amide bonds. The van der Waals surface area contributed by atoms with E-state index in [0.717, 1.165) is 52.1 Å². The van der Waals surface area contributed by atoms with E-state index in [0.29, 0.717) is 75.2 Å². The van der Waals surface area contributed by atoms with Crippen LogP contribution >= 0.6 is 11.3 Å². The van der Waals surface area contributed by atoms with Crippen molar-refractivity contribution in [1.29, 1.82) is 0 Å². The maximum absolute atomic E-state index is 14.8. The summed E-state index contributed by atoms with van der Waals surface area (Å²) in [5, 5.41) is 22.0. The number of hydrogen-bond acceptors (Lipinski definition) is 13. The van der Waals surface area contributed by atoms with Crippen molar-refractivity contribution < 1.29 is 51.4 Å². The van der Waals surface area contributed by atoms with Crippen LogP contribution in [0.1, 0.15) is 98.1 Å². The van der Waals surface area contributed by atoms with Gasteiger partial charge >= 0.3 is 6.18 Å². The van der Waals surface area contributed by atoms with E-state index in [2.05, 4.69) is 45.9 Å². The number of aryl methyl sites for hydroxylation is 1. The molecule has 2 aromatic heterocycles. The summed E-state index contributed by atoms with van der Waals surface area (Å²) in [6.07, 6.45) is -4.85. The molecule has 3 aliphatic heterocycles. The number of pyridine rings is 1. The summed E-state index contributed by atoms with van der Waals surface area (Å²) >= 11 is 1.48. The quantitative estimate of drug-likeness (QED) is 0.0396. The molecule has 9 rings (SSSR count). The SMILES string of the molecule is Cc1ncsc1-c1ccc([C@H](CC(=O)NCCCC(=O)N2CCN(Cc3cccc(-c4ccc(N5CCN(C)CC5)c(NC(=O)c5c[nH]c(=O)cc5C(F)(F)F)c4)c3)CC2)NC(=O)[C@@H]2C[C@@H](O)CN2C(=O)[C@@H](NC(=O)C2(F)CC2)C(C)(C)C)cc1. The van der Waals surface area contributed by atoms with Gasteiger partial charge in [-0.2, -0.15) is 13.2 Å². The number of H-pyrrole nitrogens is 1. The smallest absolute Gasteiger partial charge is 0.391 e. The highest BCUT2D eigenvalue weighted by molar-refractivity contribution is 7.13. The number of alkyl halides is 4. The highest BCUT2D eigenvalue weighted by Crippen LogP contribution is 2.41. The van der Waals surface area contributed by atoms with Gasteiger partial charge in [-0.05, 0) is 84.7 Å². The van der Waals surface area contributed by atoms with Crippen LogP contribution in [0.5, 0.6) is 0 Å². The maximum atomic E-state index is 14.8. The van der Waals surface area contributed by atoms with Crippen molar-refractivity contribution >= 4 is 58.2 Å². The van der Waals surface area contributed by atoms with E-state index < -0.39 is 87.7 Å². The third-order valence-corrected chi connectivity index (χ3v) is 17.2. The summed E-state index contributed by atoms with van der Waals surface area (Å²) < 4.78 is 56.8. The van der Waals surface area contributed by atoms with E-state index in [1.54, 1.807) is 37.2 Å². The number of nitrogens with zero attached hydrogens (tertiary/aromatic N) is 6. The van der Waals surface area contributed by atoms with Crippen LogP contribution in [0, 0.1) is 12.3 Å². The molecule has 0 bridgehead atoms. The Kier molecular flexibility index (Phi) is 18.9. The zero-order valence-electron chi connectivity index (χ0n) is 48.3. The van der Waals surface area contributed by atoms with Crippen molar-refractivity contribution in [2.45, 2.75) is 109 Å². The number of aromatic nitrogens is 2. The molecule has 4 aliphatic rings. The fourth-order valence-corrected chi connectivity index (χ4v) is 11.9. The van der Waals surface area contributed by atoms with Crippen molar-refractivity contribution in [2.75, 3.05) is 82.7 Å². The first-order chi connectivity index (χ1) is 40.3. The van der Waals surface area contributed by atoms with Gasteiger partial charge in [0.15, 0.2) is 5.67 Å². The highest BCUT2D eigenvalue weighted by atomic mass is 32.1. The lowest BCUT2D eigenvalue weighted by Crippen LogP contribution is -2.59. The van der Waals surface area contributed by atoms with Crippen LogP contribution in [-0.2, 0) is 36.7 Å². The first-order valence-corrected chi connectivity index (χ1v) is 29.6. The number of halogens is 4. The Bertz CT molecular complexity index is 3330. The molecule has 1 saturated carbocycles. The summed E-state index contributed by atoms with van der Waals surface area (Å²) in [7, 11) is 2.00. The van der Waals surface area contributed by atoms with E-state index in [-0.39, 0.29) is 51.1 Å². The fourth-order valence-electron chi connectivity index (χ4n) is 11.1. The van der Waals surface area contributed by atoms with Gasteiger partial charge in [-0.3, -0.25) is 38.5 Å². The van der Waals surface area contributed by atoms with Gasteiger partial charge in [0.05, 0.1) is 57.1 Å². The van der Waals surface area contributed by atoms with Crippen LogP contribution < -0.4 is 31.7 Å². The lowest BCUT2D eigenvalue weighted by atomic mass is 9.85. The van der Waals surface area contributed by atoms with Crippen molar-refractivity contribution in [1.82, 2.24) is 45.5 Å². The Balaban J connectivity index is 0.787. The minimum Gasteiger partial charge on any atom is -0.391 e. The highest BCUT2D eigenvalue weighted by Gasteiger charge is 2.53. The number of amides is 6. The van der Waals surface area contributed by atoms with Gasteiger partial charge < -0.3 is 51.0 Å². The van der Waals surface area contributed by atoms with Crippen LogP contribution in [0.2, 0.25) is 0 Å². The number of aromatic amines is 1. The second kappa shape index (κ2) is 26.0. The van der Waals surface area contributed by atoms with Crippen LogP contribution in [0.4, 0.5) is 28.9 Å². The fraction of sp³-hybridized carbons (Fsp3) is 0.475. The number of rotatable bonds is 19. The third kappa shape index (κ3) is 15.3. The number of benzene rings is 3.